The van der Waals surface area contributed by atoms with Crippen molar-refractivity contribution in [3.05, 3.63) is 35.4 Å². The van der Waals surface area contributed by atoms with E-state index in [1.165, 1.54) is 0 Å². The van der Waals surface area contributed by atoms with Gasteiger partial charge in [0.1, 0.15) is 0 Å². The minimum atomic E-state index is -3.42. The Morgan fingerprint density at radius 2 is 1.79 bits per heavy atom. The van der Waals surface area contributed by atoms with Crippen LogP contribution in [0, 0.1) is 0 Å². The zero-order valence-electron chi connectivity index (χ0n) is 8.23. The lowest BCUT2D eigenvalue weighted by atomic mass is 10.0. The zero-order chi connectivity index (χ0) is 10.6. The molecule has 0 radical (unpaired) electrons. The summed E-state index contributed by atoms with van der Waals surface area (Å²) in [6.45, 7) is 2.06. The third-order valence-corrected chi connectivity index (χ3v) is 2.71. The zero-order valence-corrected chi connectivity index (χ0v) is 9.05. The standard InChI is InChI=1S/C10H15NO2S/c1-2-5-9-6-3-4-7-10(9)8-14(11,12)13/h3-4,6-7H,2,5,8H2,1H3,(H2,11,12,13). The molecule has 0 aliphatic carbocycles. The van der Waals surface area contributed by atoms with Gasteiger partial charge in [-0.25, -0.2) is 13.6 Å². The highest BCUT2D eigenvalue weighted by Crippen LogP contribution is 2.13. The first-order chi connectivity index (χ1) is 6.53. The molecule has 0 atom stereocenters. The van der Waals surface area contributed by atoms with Crippen LogP contribution in [0.5, 0.6) is 0 Å². The molecule has 14 heavy (non-hydrogen) atoms. The Hall–Kier alpha value is -0.870. The third kappa shape index (κ3) is 3.47. The maximum absolute atomic E-state index is 10.9. The van der Waals surface area contributed by atoms with Gasteiger partial charge >= 0.3 is 0 Å². The number of benzene rings is 1. The number of rotatable bonds is 4. The summed E-state index contributed by atoms with van der Waals surface area (Å²) in [6.07, 6.45) is 1.90. The molecule has 0 aliphatic rings. The summed E-state index contributed by atoms with van der Waals surface area (Å²) >= 11 is 0. The molecule has 0 unspecified atom stereocenters. The van der Waals surface area contributed by atoms with E-state index in [0.717, 1.165) is 24.0 Å². The highest BCUT2D eigenvalue weighted by atomic mass is 32.2. The predicted molar refractivity (Wildman–Crippen MR) is 57.2 cm³/mol. The molecule has 0 bridgehead atoms. The van der Waals surface area contributed by atoms with E-state index < -0.39 is 10.0 Å². The number of nitrogens with two attached hydrogens (primary N) is 1. The molecule has 0 spiro atoms. The Kier molecular flexibility index (Phi) is 3.66. The Labute approximate surface area is 85.0 Å². The van der Waals surface area contributed by atoms with Gasteiger partial charge in [-0.3, -0.25) is 0 Å². The second kappa shape index (κ2) is 4.57. The molecule has 1 aromatic rings. The SMILES string of the molecule is CCCc1ccccc1CS(N)(=O)=O. The van der Waals surface area contributed by atoms with Crippen LogP contribution in [0.2, 0.25) is 0 Å². The molecule has 0 aromatic heterocycles. The van der Waals surface area contributed by atoms with Crippen molar-refractivity contribution in [2.45, 2.75) is 25.5 Å². The normalized spacial score (nSPS) is 11.6. The Morgan fingerprint density at radius 1 is 1.21 bits per heavy atom. The minimum Gasteiger partial charge on any atom is -0.228 e. The van der Waals surface area contributed by atoms with Gasteiger partial charge in [-0.1, -0.05) is 37.6 Å². The minimum absolute atomic E-state index is 0.0663. The first kappa shape index (κ1) is 11.2. The molecule has 0 fully saturated rings. The van der Waals surface area contributed by atoms with Gasteiger partial charge in [0.25, 0.3) is 0 Å². The predicted octanol–water partition coefficient (Wildman–Crippen LogP) is 1.43. The molecule has 2 N–H and O–H groups in total. The van der Waals surface area contributed by atoms with Crippen LogP contribution in [0.25, 0.3) is 0 Å². The Balaban J connectivity index is 2.95. The molecule has 0 aliphatic heterocycles. The quantitative estimate of drug-likeness (QED) is 0.822. The molecule has 1 aromatic carbocycles. The van der Waals surface area contributed by atoms with E-state index >= 15 is 0 Å². The van der Waals surface area contributed by atoms with E-state index in [9.17, 15) is 8.42 Å². The van der Waals surface area contributed by atoms with Gasteiger partial charge < -0.3 is 0 Å². The second-order valence-electron chi connectivity index (χ2n) is 3.33. The fourth-order valence-corrected chi connectivity index (χ4v) is 2.14. The molecule has 0 saturated carbocycles. The number of hydrogen-bond donors (Lipinski definition) is 1. The molecular formula is C10H15NO2S. The van der Waals surface area contributed by atoms with Crippen molar-refractivity contribution in [2.24, 2.45) is 5.14 Å². The maximum atomic E-state index is 10.9. The topological polar surface area (TPSA) is 60.2 Å². The fraction of sp³-hybridized carbons (Fsp3) is 0.400. The monoisotopic (exact) mass is 213 g/mol. The summed E-state index contributed by atoms with van der Waals surface area (Å²) in [7, 11) is -3.42. The van der Waals surface area contributed by atoms with Crippen LogP contribution < -0.4 is 5.14 Å². The molecule has 78 valence electrons. The number of aryl methyl sites for hydroxylation is 1. The molecule has 0 amide bonds. The Morgan fingerprint density at radius 3 is 2.29 bits per heavy atom. The fourth-order valence-electron chi connectivity index (χ4n) is 1.43. The van der Waals surface area contributed by atoms with E-state index in [-0.39, 0.29) is 5.75 Å². The van der Waals surface area contributed by atoms with E-state index in [1.807, 2.05) is 24.3 Å². The first-order valence-corrected chi connectivity index (χ1v) is 6.31. The third-order valence-electron chi connectivity index (χ3n) is 1.99. The van der Waals surface area contributed by atoms with Crippen LogP contribution in [-0.4, -0.2) is 8.42 Å². The molecule has 3 nitrogen and oxygen atoms in total. The summed E-state index contributed by atoms with van der Waals surface area (Å²) in [5, 5.41) is 5.00. The van der Waals surface area contributed by atoms with Crippen molar-refractivity contribution in [1.82, 2.24) is 0 Å². The van der Waals surface area contributed by atoms with Crippen molar-refractivity contribution in [3.8, 4) is 0 Å². The first-order valence-electron chi connectivity index (χ1n) is 4.60. The molecule has 0 heterocycles. The summed E-state index contributed by atoms with van der Waals surface area (Å²) in [6, 6.07) is 7.51. The van der Waals surface area contributed by atoms with Crippen molar-refractivity contribution in [3.63, 3.8) is 0 Å². The van der Waals surface area contributed by atoms with Crippen molar-refractivity contribution in [2.75, 3.05) is 0 Å². The van der Waals surface area contributed by atoms with Gasteiger partial charge in [0.05, 0.1) is 5.75 Å². The Bertz CT molecular complexity index is 398. The van der Waals surface area contributed by atoms with Gasteiger partial charge in [0.2, 0.25) is 10.0 Å². The molecule has 1 rings (SSSR count). The van der Waals surface area contributed by atoms with E-state index in [4.69, 9.17) is 5.14 Å². The number of hydrogen-bond acceptors (Lipinski definition) is 2. The lowest BCUT2D eigenvalue weighted by Gasteiger charge is -2.06. The van der Waals surface area contributed by atoms with Crippen molar-refractivity contribution >= 4 is 10.0 Å². The van der Waals surface area contributed by atoms with Crippen LogP contribution >= 0.6 is 0 Å². The van der Waals surface area contributed by atoms with Crippen LogP contribution in [0.4, 0.5) is 0 Å². The average molecular weight is 213 g/mol. The highest BCUT2D eigenvalue weighted by molar-refractivity contribution is 7.88. The smallest absolute Gasteiger partial charge is 0.213 e. The van der Waals surface area contributed by atoms with Crippen LogP contribution in [0.15, 0.2) is 24.3 Å². The van der Waals surface area contributed by atoms with Crippen LogP contribution in [-0.2, 0) is 22.2 Å². The molecule has 0 saturated heterocycles. The lowest BCUT2D eigenvalue weighted by Crippen LogP contribution is -2.15. The van der Waals surface area contributed by atoms with Gasteiger partial charge in [0.15, 0.2) is 0 Å². The van der Waals surface area contributed by atoms with Crippen LogP contribution in [0.3, 0.4) is 0 Å². The van der Waals surface area contributed by atoms with Crippen LogP contribution in [0.1, 0.15) is 24.5 Å². The molecule has 4 heteroatoms. The van der Waals surface area contributed by atoms with Gasteiger partial charge in [-0.05, 0) is 17.5 Å². The van der Waals surface area contributed by atoms with E-state index in [2.05, 4.69) is 6.92 Å². The van der Waals surface area contributed by atoms with E-state index in [0.29, 0.717) is 0 Å². The lowest BCUT2D eigenvalue weighted by molar-refractivity contribution is 0.596. The molecular weight excluding hydrogens is 198 g/mol. The van der Waals surface area contributed by atoms with Gasteiger partial charge in [-0.15, -0.1) is 0 Å². The average Bonchev–Trinajstić information content (AvgIpc) is 2.06. The van der Waals surface area contributed by atoms with Gasteiger partial charge in [-0.2, -0.15) is 0 Å². The van der Waals surface area contributed by atoms with Crippen molar-refractivity contribution in [1.29, 1.82) is 0 Å². The largest absolute Gasteiger partial charge is 0.228 e. The summed E-state index contributed by atoms with van der Waals surface area (Å²) < 4.78 is 21.9. The number of sulfonamides is 1. The summed E-state index contributed by atoms with van der Waals surface area (Å²) in [5.41, 5.74) is 1.89. The highest BCUT2D eigenvalue weighted by Gasteiger charge is 2.08. The summed E-state index contributed by atoms with van der Waals surface area (Å²) in [4.78, 5) is 0. The van der Waals surface area contributed by atoms with Crippen molar-refractivity contribution < 1.29 is 8.42 Å². The van der Waals surface area contributed by atoms with E-state index in [1.54, 1.807) is 0 Å². The summed E-state index contributed by atoms with van der Waals surface area (Å²) in [5.74, 6) is -0.0663. The maximum Gasteiger partial charge on any atom is 0.213 e. The van der Waals surface area contributed by atoms with Gasteiger partial charge in [0, 0.05) is 0 Å². The second-order valence-corrected chi connectivity index (χ2v) is 4.94. The number of primary sulfonamides is 1.